The molecular weight excluding hydrogens is 478 g/mol. The number of rotatable bonds is 10. The highest BCUT2D eigenvalue weighted by atomic mass is 16.7. The summed E-state index contributed by atoms with van der Waals surface area (Å²) in [6.45, 7) is 5.64. The minimum absolute atomic E-state index is 0.306. The van der Waals surface area contributed by atoms with Crippen molar-refractivity contribution >= 4 is 11.9 Å². The lowest BCUT2D eigenvalue weighted by Crippen LogP contribution is -2.25. The number of hydrogen-bond donors (Lipinski definition) is 2. The summed E-state index contributed by atoms with van der Waals surface area (Å²) in [6.07, 6.45) is 0.934. The summed E-state index contributed by atoms with van der Waals surface area (Å²) in [5.74, 6) is -0.195. The summed E-state index contributed by atoms with van der Waals surface area (Å²) >= 11 is 0. The molecule has 0 spiro atoms. The van der Waals surface area contributed by atoms with Gasteiger partial charge in [-0.15, -0.1) is 0 Å². The van der Waals surface area contributed by atoms with Gasteiger partial charge < -0.3 is 29.2 Å². The fourth-order valence-corrected chi connectivity index (χ4v) is 3.70. The summed E-state index contributed by atoms with van der Waals surface area (Å²) < 4.78 is 21.8. The maximum Gasteiger partial charge on any atom is 0.414 e. The van der Waals surface area contributed by atoms with Gasteiger partial charge in [-0.05, 0) is 66.4 Å². The van der Waals surface area contributed by atoms with Crippen molar-refractivity contribution in [1.82, 2.24) is 4.90 Å². The van der Waals surface area contributed by atoms with Crippen molar-refractivity contribution in [2.75, 3.05) is 27.1 Å². The molecule has 0 saturated heterocycles. The number of hydrogen-bond acceptors (Lipinski definition) is 7. The molecule has 1 aliphatic rings. The fraction of sp³-hybridized carbons (Fsp3) is 0.286. The molecular formula is C28H31NO8. The van der Waals surface area contributed by atoms with Crippen molar-refractivity contribution in [3.8, 4) is 23.0 Å². The normalized spacial score (nSPS) is 11.4. The molecule has 0 bridgehead atoms. The topological polar surface area (TPSA) is 115 Å². The van der Waals surface area contributed by atoms with Gasteiger partial charge in [0, 0.05) is 19.6 Å². The molecule has 0 saturated carbocycles. The zero-order valence-corrected chi connectivity index (χ0v) is 20.9. The third-order valence-corrected chi connectivity index (χ3v) is 5.54. The first-order valence-electron chi connectivity index (χ1n) is 11.8. The van der Waals surface area contributed by atoms with Gasteiger partial charge in [-0.25, -0.2) is 9.59 Å². The van der Waals surface area contributed by atoms with Crippen LogP contribution < -0.4 is 18.9 Å². The van der Waals surface area contributed by atoms with Crippen LogP contribution in [0.15, 0.2) is 66.7 Å². The molecule has 3 aromatic rings. The van der Waals surface area contributed by atoms with E-state index >= 15 is 0 Å². The van der Waals surface area contributed by atoms with Crippen molar-refractivity contribution in [1.29, 1.82) is 0 Å². The molecule has 196 valence electrons. The van der Waals surface area contributed by atoms with Crippen molar-refractivity contribution in [3.63, 3.8) is 0 Å². The highest BCUT2D eigenvalue weighted by Gasteiger charge is 2.14. The number of nitrogens with zero attached hydrogens (tertiary/aromatic N) is 1. The lowest BCUT2D eigenvalue weighted by molar-refractivity contribution is -0.159. The smallest absolute Gasteiger partial charge is 0.414 e. The van der Waals surface area contributed by atoms with Crippen LogP contribution in [0.3, 0.4) is 0 Å². The Kier molecular flexibility index (Phi) is 10.2. The first kappa shape index (κ1) is 27.3. The second kappa shape index (κ2) is 13.7. The number of carbonyl (C=O) groups is 2. The van der Waals surface area contributed by atoms with Gasteiger partial charge in [-0.3, -0.25) is 4.90 Å². The first-order valence-corrected chi connectivity index (χ1v) is 11.8. The van der Waals surface area contributed by atoms with Crippen LogP contribution in [0.4, 0.5) is 0 Å². The van der Waals surface area contributed by atoms with Gasteiger partial charge >= 0.3 is 11.9 Å². The SMILES string of the molecule is CCOc1ccc(CN(CCc2ccc3c(c2)OCO3)Cc2ccc(OC)cc2)cc1.O=C(O)C(=O)O. The second-order valence-electron chi connectivity index (χ2n) is 8.18. The molecule has 0 atom stereocenters. The van der Waals surface area contributed by atoms with Gasteiger partial charge in [-0.2, -0.15) is 0 Å². The minimum Gasteiger partial charge on any atom is -0.497 e. The van der Waals surface area contributed by atoms with Crippen molar-refractivity contribution in [3.05, 3.63) is 83.4 Å². The summed E-state index contributed by atoms with van der Waals surface area (Å²) in [4.78, 5) is 20.7. The molecule has 0 amide bonds. The van der Waals surface area contributed by atoms with Gasteiger partial charge in [0.15, 0.2) is 11.5 Å². The van der Waals surface area contributed by atoms with E-state index in [1.165, 1.54) is 16.7 Å². The van der Waals surface area contributed by atoms with Crippen LogP contribution >= 0.6 is 0 Å². The predicted molar refractivity (Wildman–Crippen MR) is 136 cm³/mol. The average Bonchev–Trinajstić information content (AvgIpc) is 3.37. The summed E-state index contributed by atoms with van der Waals surface area (Å²) in [5.41, 5.74) is 3.77. The van der Waals surface area contributed by atoms with Gasteiger partial charge in [0.05, 0.1) is 13.7 Å². The lowest BCUT2D eigenvalue weighted by Gasteiger charge is -2.23. The summed E-state index contributed by atoms with van der Waals surface area (Å²) in [7, 11) is 1.69. The third kappa shape index (κ3) is 8.73. The van der Waals surface area contributed by atoms with Crippen molar-refractivity contribution in [2.45, 2.75) is 26.4 Å². The quantitative estimate of drug-likeness (QED) is 0.388. The van der Waals surface area contributed by atoms with E-state index in [2.05, 4.69) is 41.3 Å². The van der Waals surface area contributed by atoms with Gasteiger partial charge in [0.1, 0.15) is 11.5 Å². The molecule has 0 aromatic heterocycles. The second-order valence-corrected chi connectivity index (χ2v) is 8.18. The van der Waals surface area contributed by atoms with E-state index in [-0.39, 0.29) is 0 Å². The monoisotopic (exact) mass is 509 g/mol. The maximum absolute atomic E-state index is 9.10. The highest BCUT2D eigenvalue weighted by Crippen LogP contribution is 2.32. The van der Waals surface area contributed by atoms with Gasteiger partial charge in [0.2, 0.25) is 6.79 Å². The number of benzene rings is 3. The number of carboxylic acid groups (broad SMARTS) is 2. The van der Waals surface area contributed by atoms with Gasteiger partial charge in [-0.1, -0.05) is 30.3 Å². The molecule has 9 nitrogen and oxygen atoms in total. The third-order valence-electron chi connectivity index (χ3n) is 5.54. The lowest BCUT2D eigenvalue weighted by atomic mass is 10.1. The molecule has 9 heteroatoms. The molecule has 4 rings (SSSR count). The molecule has 0 aliphatic carbocycles. The zero-order chi connectivity index (χ0) is 26.6. The summed E-state index contributed by atoms with van der Waals surface area (Å²) in [5, 5.41) is 14.8. The Morgan fingerprint density at radius 1 is 0.811 bits per heavy atom. The van der Waals surface area contributed by atoms with Crippen LogP contribution in [-0.4, -0.2) is 54.1 Å². The van der Waals surface area contributed by atoms with Crippen LogP contribution in [-0.2, 0) is 29.1 Å². The predicted octanol–water partition coefficient (Wildman–Crippen LogP) is 4.22. The van der Waals surface area contributed by atoms with E-state index in [0.717, 1.165) is 49.1 Å². The van der Waals surface area contributed by atoms with E-state index in [4.69, 9.17) is 38.7 Å². The largest absolute Gasteiger partial charge is 0.497 e. The van der Waals surface area contributed by atoms with Crippen LogP contribution in [0.2, 0.25) is 0 Å². The molecule has 2 N–H and O–H groups in total. The molecule has 0 fully saturated rings. The van der Waals surface area contributed by atoms with E-state index < -0.39 is 11.9 Å². The summed E-state index contributed by atoms with van der Waals surface area (Å²) in [6, 6.07) is 22.9. The first-order chi connectivity index (χ1) is 17.9. The number of ether oxygens (including phenoxy) is 4. The highest BCUT2D eigenvalue weighted by molar-refractivity contribution is 6.27. The molecule has 37 heavy (non-hydrogen) atoms. The zero-order valence-electron chi connectivity index (χ0n) is 20.9. The van der Waals surface area contributed by atoms with Crippen LogP contribution in [0.5, 0.6) is 23.0 Å². The molecule has 1 heterocycles. The van der Waals surface area contributed by atoms with E-state index in [1.807, 2.05) is 37.3 Å². The molecule has 1 aliphatic heterocycles. The standard InChI is InChI=1S/C26H29NO4.C2H2O4/c1-3-29-24-11-6-22(7-12-24)18-27(17-21-4-9-23(28-2)10-5-21)15-14-20-8-13-25-26(16-20)31-19-30-25;3-1(4)2(5)6/h4-13,16H,3,14-15,17-19H2,1-2H3;(H,3,4)(H,5,6). The Balaban J connectivity index is 0.000000568. The van der Waals surface area contributed by atoms with E-state index in [1.54, 1.807) is 7.11 Å². The minimum atomic E-state index is -1.82. The van der Waals surface area contributed by atoms with Crippen LogP contribution in [0.1, 0.15) is 23.6 Å². The van der Waals surface area contributed by atoms with Crippen molar-refractivity contribution in [2.24, 2.45) is 0 Å². The number of fused-ring (bicyclic) bond motifs is 1. The fourth-order valence-electron chi connectivity index (χ4n) is 3.70. The Morgan fingerprint density at radius 3 is 1.89 bits per heavy atom. The Hall–Kier alpha value is -4.24. The number of aliphatic carboxylic acids is 2. The number of methoxy groups -OCH3 is 1. The average molecular weight is 510 g/mol. The van der Waals surface area contributed by atoms with Crippen LogP contribution in [0, 0.1) is 0 Å². The molecule has 3 aromatic carbocycles. The van der Waals surface area contributed by atoms with Gasteiger partial charge in [0.25, 0.3) is 0 Å². The maximum atomic E-state index is 9.10. The number of carboxylic acids is 2. The van der Waals surface area contributed by atoms with Crippen LogP contribution in [0.25, 0.3) is 0 Å². The Morgan fingerprint density at radius 2 is 1.35 bits per heavy atom. The Labute approximate surface area is 215 Å². The van der Waals surface area contributed by atoms with E-state index in [0.29, 0.717) is 13.4 Å². The Bertz CT molecular complexity index is 1150. The molecule has 0 radical (unpaired) electrons. The van der Waals surface area contributed by atoms with E-state index in [9.17, 15) is 0 Å². The molecule has 0 unspecified atom stereocenters. The van der Waals surface area contributed by atoms with Crippen molar-refractivity contribution < 1.29 is 38.7 Å².